The van der Waals surface area contributed by atoms with Gasteiger partial charge in [0.25, 0.3) is 0 Å². The van der Waals surface area contributed by atoms with E-state index in [0.717, 1.165) is 57.0 Å². The second-order valence-corrected chi connectivity index (χ2v) is 8.12. The van der Waals surface area contributed by atoms with E-state index in [4.69, 9.17) is 0 Å². The second kappa shape index (κ2) is 8.39. The molecule has 1 atom stereocenters. The Morgan fingerprint density at radius 3 is 2.74 bits per heavy atom. The molecule has 27 heavy (non-hydrogen) atoms. The van der Waals surface area contributed by atoms with E-state index in [1.54, 1.807) is 18.2 Å². The molecule has 0 bridgehead atoms. The number of piperidine rings is 2. The number of aliphatic hydroxyl groups is 1. The molecule has 2 saturated heterocycles. The zero-order valence-electron chi connectivity index (χ0n) is 16.7. The molecule has 2 aliphatic rings. The zero-order valence-corrected chi connectivity index (χ0v) is 16.7. The topological polar surface area (TPSA) is 84.8 Å². The maximum atomic E-state index is 11.6. The minimum Gasteiger partial charge on any atom is -0.387 e. The Kier molecular flexibility index (Phi) is 6.16. The minimum absolute atomic E-state index is 0.0537. The number of carbonyl (C=O) groups excluding carboxylic acids is 1. The van der Waals surface area contributed by atoms with Crippen molar-refractivity contribution in [2.24, 2.45) is 0 Å². The van der Waals surface area contributed by atoms with Gasteiger partial charge in [-0.15, -0.1) is 0 Å². The van der Waals surface area contributed by atoms with E-state index >= 15 is 0 Å². The number of aromatic nitrogens is 2. The van der Waals surface area contributed by atoms with Crippen LogP contribution in [0.15, 0.2) is 12.4 Å². The lowest BCUT2D eigenvalue weighted by Gasteiger charge is -2.43. The van der Waals surface area contributed by atoms with E-state index in [0.29, 0.717) is 19.1 Å². The van der Waals surface area contributed by atoms with Crippen LogP contribution in [0.4, 0.5) is 11.6 Å². The molecule has 3 rings (SSSR count). The molecule has 2 aliphatic heterocycles. The predicted molar refractivity (Wildman–Crippen MR) is 106 cm³/mol. The van der Waals surface area contributed by atoms with Gasteiger partial charge in [0.15, 0.2) is 0 Å². The molecule has 1 unspecified atom stereocenters. The van der Waals surface area contributed by atoms with Gasteiger partial charge in [-0.05, 0) is 25.7 Å². The molecule has 0 saturated carbocycles. The van der Waals surface area contributed by atoms with Gasteiger partial charge in [-0.25, -0.2) is 9.97 Å². The molecular weight excluding hydrogens is 344 g/mol. The van der Waals surface area contributed by atoms with Crippen molar-refractivity contribution in [3.8, 4) is 0 Å². The lowest BCUT2D eigenvalue weighted by Crippen LogP contribution is -2.56. The summed E-state index contributed by atoms with van der Waals surface area (Å²) in [7, 11) is 3.93. The Morgan fingerprint density at radius 2 is 2.07 bits per heavy atom. The first-order chi connectivity index (χ1) is 12.8. The van der Waals surface area contributed by atoms with E-state index in [9.17, 15) is 9.90 Å². The summed E-state index contributed by atoms with van der Waals surface area (Å²) in [6.07, 6.45) is 5.24. The number of carbonyl (C=O) groups is 1. The molecule has 2 fully saturated rings. The van der Waals surface area contributed by atoms with Crippen LogP contribution in [0.5, 0.6) is 0 Å². The van der Waals surface area contributed by atoms with Crippen LogP contribution in [0.2, 0.25) is 0 Å². The Labute approximate surface area is 161 Å². The van der Waals surface area contributed by atoms with Gasteiger partial charge in [0.1, 0.15) is 18.0 Å². The van der Waals surface area contributed by atoms with Crippen LogP contribution in [0, 0.1) is 0 Å². The van der Waals surface area contributed by atoms with Crippen molar-refractivity contribution in [3.63, 3.8) is 0 Å². The van der Waals surface area contributed by atoms with Crippen molar-refractivity contribution in [2.75, 3.05) is 57.0 Å². The fraction of sp³-hybridized carbons (Fsp3) is 0.737. The van der Waals surface area contributed by atoms with E-state index in [1.165, 1.54) is 0 Å². The van der Waals surface area contributed by atoms with E-state index < -0.39 is 5.60 Å². The van der Waals surface area contributed by atoms with Crippen LogP contribution in [0.3, 0.4) is 0 Å². The molecule has 1 aromatic rings. The number of hydrogen-bond donors (Lipinski definition) is 2. The highest BCUT2D eigenvalue weighted by Crippen LogP contribution is 2.25. The quantitative estimate of drug-likeness (QED) is 0.786. The van der Waals surface area contributed by atoms with Crippen molar-refractivity contribution in [1.82, 2.24) is 19.8 Å². The summed E-state index contributed by atoms with van der Waals surface area (Å²) in [4.78, 5) is 26.3. The number of nitrogens with one attached hydrogen (secondary N) is 1. The maximum Gasteiger partial charge on any atom is 0.219 e. The molecule has 0 aromatic carbocycles. The number of amides is 1. The number of nitrogens with zero attached hydrogens (tertiary/aromatic N) is 5. The van der Waals surface area contributed by atoms with Crippen LogP contribution in [-0.2, 0) is 4.79 Å². The molecule has 2 N–H and O–H groups in total. The van der Waals surface area contributed by atoms with Crippen LogP contribution < -0.4 is 10.2 Å². The summed E-state index contributed by atoms with van der Waals surface area (Å²) in [5.41, 5.74) is -0.780. The molecular formula is C19H32N6O2. The summed E-state index contributed by atoms with van der Waals surface area (Å²) in [5.74, 6) is 1.80. The highest BCUT2D eigenvalue weighted by Gasteiger charge is 2.36. The number of likely N-dealkylation sites (tertiary alicyclic amines) is 2. The summed E-state index contributed by atoms with van der Waals surface area (Å²) in [6.45, 7) is 5.31. The van der Waals surface area contributed by atoms with Crippen molar-refractivity contribution in [1.29, 1.82) is 0 Å². The van der Waals surface area contributed by atoms with Crippen molar-refractivity contribution in [3.05, 3.63) is 12.4 Å². The minimum atomic E-state index is -0.780. The third-order valence-electron chi connectivity index (χ3n) is 5.57. The predicted octanol–water partition coefficient (Wildman–Crippen LogP) is 0.792. The highest BCUT2D eigenvalue weighted by molar-refractivity contribution is 5.73. The largest absolute Gasteiger partial charge is 0.387 e. The number of rotatable bonds is 5. The molecule has 0 spiro atoms. The van der Waals surface area contributed by atoms with E-state index in [-0.39, 0.29) is 5.91 Å². The average Bonchev–Trinajstić information content (AvgIpc) is 2.63. The molecule has 8 heteroatoms. The van der Waals surface area contributed by atoms with Crippen LogP contribution >= 0.6 is 0 Å². The van der Waals surface area contributed by atoms with Gasteiger partial charge >= 0.3 is 0 Å². The molecule has 0 radical (unpaired) electrons. The third-order valence-corrected chi connectivity index (χ3v) is 5.57. The van der Waals surface area contributed by atoms with Crippen molar-refractivity contribution in [2.45, 2.75) is 44.2 Å². The number of hydrogen-bond acceptors (Lipinski definition) is 7. The molecule has 1 aromatic heterocycles. The molecule has 1 amide bonds. The number of anilines is 2. The third kappa shape index (κ3) is 5.29. The van der Waals surface area contributed by atoms with Crippen molar-refractivity contribution < 1.29 is 9.90 Å². The van der Waals surface area contributed by atoms with Crippen LogP contribution in [0.1, 0.15) is 32.6 Å². The Hall–Kier alpha value is -1.93. The summed E-state index contributed by atoms with van der Waals surface area (Å²) in [6, 6.07) is 2.34. The molecule has 150 valence electrons. The monoisotopic (exact) mass is 376 g/mol. The fourth-order valence-corrected chi connectivity index (χ4v) is 4.04. The van der Waals surface area contributed by atoms with Gasteiger partial charge in [-0.1, -0.05) is 0 Å². The summed E-state index contributed by atoms with van der Waals surface area (Å²) >= 11 is 0. The SMILES string of the molecule is CC(=O)N1CCCC(O)(CN2CCC(Nc3cc(N(C)C)ncn3)CC2)C1. The Balaban J connectivity index is 1.49. The zero-order chi connectivity index (χ0) is 19.4. The summed E-state index contributed by atoms with van der Waals surface area (Å²) in [5, 5.41) is 14.5. The number of β-amino-alcohol motifs (C(OH)–C–C–N with tert-alkyl or cyclic N) is 1. The van der Waals surface area contributed by atoms with Gasteiger partial charge in [0.05, 0.1) is 12.1 Å². The van der Waals surface area contributed by atoms with Gasteiger partial charge in [0.2, 0.25) is 5.91 Å². The van der Waals surface area contributed by atoms with Gasteiger partial charge in [0, 0.05) is 59.3 Å². The van der Waals surface area contributed by atoms with E-state index in [2.05, 4.69) is 20.2 Å². The first kappa shape index (κ1) is 19.8. The standard InChI is InChI=1S/C19H32N6O2/c1-15(26)25-8-4-7-19(27,13-25)12-24-9-5-16(6-10-24)22-17-11-18(23(2)3)21-14-20-17/h11,14,16,27H,4-10,12-13H2,1-3H3,(H,20,21,22). The van der Waals surface area contributed by atoms with E-state index in [1.807, 2.05) is 25.1 Å². The van der Waals surface area contributed by atoms with Crippen LogP contribution in [-0.4, -0.2) is 89.2 Å². The Morgan fingerprint density at radius 1 is 1.33 bits per heavy atom. The normalized spacial score (nSPS) is 24.7. The fourth-order valence-electron chi connectivity index (χ4n) is 4.04. The van der Waals surface area contributed by atoms with Gasteiger partial charge in [-0.2, -0.15) is 0 Å². The smallest absolute Gasteiger partial charge is 0.219 e. The molecule has 0 aliphatic carbocycles. The van der Waals surface area contributed by atoms with Crippen LogP contribution in [0.25, 0.3) is 0 Å². The lowest BCUT2D eigenvalue weighted by atomic mass is 9.91. The first-order valence-electron chi connectivity index (χ1n) is 9.81. The average molecular weight is 377 g/mol. The maximum absolute atomic E-state index is 11.6. The highest BCUT2D eigenvalue weighted by atomic mass is 16.3. The second-order valence-electron chi connectivity index (χ2n) is 8.12. The van der Waals surface area contributed by atoms with Crippen molar-refractivity contribution >= 4 is 17.5 Å². The first-order valence-corrected chi connectivity index (χ1v) is 9.81. The summed E-state index contributed by atoms with van der Waals surface area (Å²) < 4.78 is 0. The lowest BCUT2D eigenvalue weighted by molar-refractivity contribution is -0.137. The van der Waals surface area contributed by atoms with Gasteiger partial charge in [-0.3, -0.25) is 4.79 Å². The molecule has 8 nitrogen and oxygen atoms in total. The Bertz CT molecular complexity index is 647. The van der Waals surface area contributed by atoms with Gasteiger partial charge < -0.3 is 25.1 Å². The molecule has 3 heterocycles.